The van der Waals surface area contributed by atoms with Crippen LogP contribution in [0.15, 0.2) is 40.9 Å². The van der Waals surface area contributed by atoms with Crippen LogP contribution >= 0.6 is 0 Å². The maximum Gasteiger partial charge on any atom is 0.322 e. The van der Waals surface area contributed by atoms with Crippen LogP contribution in [-0.4, -0.2) is 32.5 Å². The van der Waals surface area contributed by atoms with Gasteiger partial charge in [-0.2, -0.15) is 5.10 Å². The third kappa shape index (κ3) is 4.03. The van der Waals surface area contributed by atoms with E-state index in [-0.39, 0.29) is 17.8 Å². The van der Waals surface area contributed by atoms with Gasteiger partial charge in [0.2, 0.25) is 0 Å². The lowest BCUT2D eigenvalue weighted by atomic mass is 10.2. The van der Waals surface area contributed by atoms with Gasteiger partial charge in [0.1, 0.15) is 11.4 Å². The van der Waals surface area contributed by atoms with Crippen molar-refractivity contribution in [2.45, 2.75) is 19.8 Å². The Hall–Kier alpha value is -3.16. The predicted molar refractivity (Wildman–Crippen MR) is 91.3 cm³/mol. The molecule has 3 rings (SSSR count). The largest absolute Gasteiger partial charge is 0.494 e. The summed E-state index contributed by atoms with van der Waals surface area (Å²) in [5.41, 5.74) is 1.14. The zero-order valence-corrected chi connectivity index (χ0v) is 14.1. The second-order valence-corrected chi connectivity index (χ2v) is 5.43. The molecule has 0 bridgehead atoms. The minimum atomic E-state index is -0.333. The van der Waals surface area contributed by atoms with Crippen molar-refractivity contribution in [2.75, 3.05) is 11.9 Å². The number of carbonyl (C=O) groups is 1. The number of amides is 1. The number of hydrogen-bond donors (Lipinski definition) is 1. The van der Waals surface area contributed by atoms with E-state index in [1.807, 2.05) is 0 Å². The highest BCUT2D eigenvalue weighted by Gasteiger charge is 2.14. The number of unbranched alkanes of at least 4 members (excludes halogenated alkanes) is 1. The van der Waals surface area contributed by atoms with Crippen LogP contribution in [-0.2, 0) is 7.05 Å². The molecular weight excluding hydrogens is 322 g/mol. The average molecular weight is 341 g/mol. The number of ether oxygens (including phenoxy) is 1. The Bertz CT molecular complexity index is 838. The van der Waals surface area contributed by atoms with E-state index in [1.54, 1.807) is 48.3 Å². The Morgan fingerprint density at radius 2 is 2.04 bits per heavy atom. The lowest BCUT2D eigenvalue weighted by molar-refractivity contribution is 0.102. The summed E-state index contributed by atoms with van der Waals surface area (Å²) in [7, 11) is 1.77. The number of aryl methyl sites for hydroxylation is 1. The number of rotatable bonds is 7. The van der Waals surface area contributed by atoms with Crippen LogP contribution in [0.2, 0.25) is 0 Å². The fraction of sp³-hybridized carbons (Fsp3) is 0.294. The lowest BCUT2D eigenvalue weighted by Crippen LogP contribution is -2.12. The van der Waals surface area contributed by atoms with Crippen LogP contribution in [0.3, 0.4) is 0 Å². The highest BCUT2D eigenvalue weighted by Crippen LogP contribution is 2.19. The molecule has 1 N–H and O–H groups in total. The third-order valence-corrected chi connectivity index (χ3v) is 3.57. The minimum Gasteiger partial charge on any atom is -0.494 e. The van der Waals surface area contributed by atoms with Gasteiger partial charge >= 0.3 is 6.01 Å². The molecule has 0 fully saturated rings. The molecule has 8 nitrogen and oxygen atoms in total. The van der Waals surface area contributed by atoms with Crippen molar-refractivity contribution in [2.24, 2.45) is 7.05 Å². The molecule has 0 aliphatic carbocycles. The van der Waals surface area contributed by atoms with Gasteiger partial charge in [-0.15, -0.1) is 5.10 Å². The van der Waals surface area contributed by atoms with Crippen LogP contribution in [0.25, 0.3) is 11.6 Å². The van der Waals surface area contributed by atoms with Gasteiger partial charge in [0.25, 0.3) is 11.8 Å². The van der Waals surface area contributed by atoms with Crippen molar-refractivity contribution in [1.82, 2.24) is 20.0 Å². The van der Waals surface area contributed by atoms with Crippen molar-refractivity contribution in [3.63, 3.8) is 0 Å². The Morgan fingerprint density at radius 3 is 2.72 bits per heavy atom. The van der Waals surface area contributed by atoms with E-state index in [4.69, 9.17) is 9.15 Å². The molecule has 8 heteroatoms. The molecule has 0 spiro atoms. The molecule has 0 aliphatic rings. The van der Waals surface area contributed by atoms with Crippen LogP contribution in [0.4, 0.5) is 6.01 Å². The summed E-state index contributed by atoms with van der Waals surface area (Å²) >= 11 is 0. The van der Waals surface area contributed by atoms with Gasteiger partial charge in [0.05, 0.1) is 6.61 Å². The van der Waals surface area contributed by atoms with Crippen molar-refractivity contribution in [1.29, 1.82) is 0 Å². The summed E-state index contributed by atoms with van der Waals surface area (Å²) in [5.74, 6) is 0.691. The quantitative estimate of drug-likeness (QED) is 0.664. The molecule has 3 aromatic rings. The number of aromatic nitrogens is 4. The third-order valence-electron chi connectivity index (χ3n) is 3.57. The van der Waals surface area contributed by atoms with E-state index < -0.39 is 0 Å². The Labute approximate surface area is 144 Å². The van der Waals surface area contributed by atoms with Gasteiger partial charge < -0.3 is 9.15 Å². The molecule has 2 aromatic heterocycles. The number of nitrogens with zero attached hydrogens (tertiary/aromatic N) is 4. The fourth-order valence-electron chi connectivity index (χ4n) is 2.17. The van der Waals surface area contributed by atoms with E-state index in [9.17, 15) is 4.79 Å². The van der Waals surface area contributed by atoms with Gasteiger partial charge in [-0.25, -0.2) is 0 Å². The summed E-state index contributed by atoms with van der Waals surface area (Å²) in [6.45, 7) is 2.77. The first kappa shape index (κ1) is 16.7. The first-order chi connectivity index (χ1) is 12.2. The second kappa shape index (κ2) is 7.61. The highest BCUT2D eigenvalue weighted by atomic mass is 16.5. The van der Waals surface area contributed by atoms with E-state index in [1.165, 1.54) is 0 Å². The van der Waals surface area contributed by atoms with Gasteiger partial charge in [0.15, 0.2) is 0 Å². The van der Waals surface area contributed by atoms with E-state index in [2.05, 4.69) is 27.5 Å². The van der Waals surface area contributed by atoms with Crippen molar-refractivity contribution in [3.05, 3.63) is 42.1 Å². The highest BCUT2D eigenvalue weighted by molar-refractivity contribution is 6.03. The maximum absolute atomic E-state index is 12.3. The van der Waals surface area contributed by atoms with Gasteiger partial charge in [-0.05, 0) is 36.8 Å². The zero-order chi connectivity index (χ0) is 17.6. The molecule has 1 amide bonds. The molecule has 1 aromatic carbocycles. The topological polar surface area (TPSA) is 95.1 Å². The molecule has 25 heavy (non-hydrogen) atoms. The first-order valence-electron chi connectivity index (χ1n) is 8.03. The molecule has 0 radical (unpaired) electrons. The molecule has 0 atom stereocenters. The molecular formula is C17H19N5O3. The normalized spacial score (nSPS) is 10.6. The first-order valence-corrected chi connectivity index (χ1v) is 8.03. The number of anilines is 1. The minimum absolute atomic E-state index is 0.0319. The Kier molecular flexibility index (Phi) is 5.08. The summed E-state index contributed by atoms with van der Waals surface area (Å²) in [6.07, 6.45) is 3.70. The average Bonchev–Trinajstić information content (AvgIpc) is 3.24. The molecule has 0 aliphatic heterocycles. The SMILES string of the molecule is CCCCOc1ccc(C(=O)Nc2nnc(-c3ccnn3C)o2)cc1. The van der Waals surface area contributed by atoms with Crippen molar-refractivity contribution < 1.29 is 13.9 Å². The predicted octanol–water partition coefficient (Wildman–Crippen LogP) is 2.90. The lowest BCUT2D eigenvalue weighted by Gasteiger charge is -2.06. The number of nitrogens with one attached hydrogen (secondary N) is 1. The van der Waals surface area contributed by atoms with E-state index in [0.29, 0.717) is 17.9 Å². The standard InChI is InChI=1S/C17H19N5O3/c1-3-4-11-24-13-7-5-12(6-8-13)15(23)19-17-21-20-16(25-17)14-9-10-18-22(14)2/h5-10H,3-4,11H2,1-2H3,(H,19,21,23). The monoisotopic (exact) mass is 341 g/mol. The van der Waals surface area contributed by atoms with Gasteiger partial charge in [-0.1, -0.05) is 18.4 Å². The summed E-state index contributed by atoms with van der Waals surface area (Å²) in [5, 5.41) is 14.4. The number of benzene rings is 1. The van der Waals surface area contributed by atoms with Gasteiger partial charge in [-0.3, -0.25) is 14.8 Å². The molecule has 0 saturated heterocycles. The molecule has 2 heterocycles. The molecule has 130 valence electrons. The van der Waals surface area contributed by atoms with E-state index >= 15 is 0 Å². The van der Waals surface area contributed by atoms with Crippen molar-refractivity contribution in [3.8, 4) is 17.3 Å². The van der Waals surface area contributed by atoms with Crippen LogP contribution in [0.5, 0.6) is 5.75 Å². The molecule has 0 saturated carbocycles. The van der Waals surface area contributed by atoms with Crippen LogP contribution in [0.1, 0.15) is 30.1 Å². The van der Waals surface area contributed by atoms with E-state index in [0.717, 1.165) is 18.6 Å². The van der Waals surface area contributed by atoms with Crippen LogP contribution < -0.4 is 10.1 Å². The number of hydrogen-bond acceptors (Lipinski definition) is 6. The Balaban J connectivity index is 1.62. The Morgan fingerprint density at radius 1 is 1.24 bits per heavy atom. The molecule has 0 unspecified atom stereocenters. The maximum atomic E-state index is 12.3. The summed E-state index contributed by atoms with van der Waals surface area (Å²) in [6, 6.07) is 8.68. The van der Waals surface area contributed by atoms with Gasteiger partial charge in [0, 0.05) is 18.8 Å². The summed E-state index contributed by atoms with van der Waals surface area (Å²) in [4.78, 5) is 12.3. The number of carbonyl (C=O) groups excluding carboxylic acids is 1. The van der Waals surface area contributed by atoms with Crippen molar-refractivity contribution >= 4 is 11.9 Å². The second-order valence-electron chi connectivity index (χ2n) is 5.43. The zero-order valence-electron chi connectivity index (χ0n) is 14.1. The smallest absolute Gasteiger partial charge is 0.322 e. The van der Waals surface area contributed by atoms with Crippen LogP contribution in [0, 0.1) is 0 Å². The summed E-state index contributed by atoms with van der Waals surface area (Å²) < 4.78 is 12.6. The fourth-order valence-corrected chi connectivity index (χ4v) is 2.17.